The minimum atomic E-state index is -0.726. The smallest absolute Gasteiger partial charge is 0.417 e. The van der Waals surface area contributed by atoms with E-state index in [1.54, 1.807) is 102 Å². The highest BCUT2D eigenvalue weighted by Gasteiger charge is 2.37. The van der Waals surface area contributed by atoms with Gasteiger partial charge in [-0.1, -0.05) is 54.0 Å². The van der Waals surface area contributed by atoms with Crippen molar-refractivity contribution in [1.82, 2.24) is 38.9 Å². The van der Waals surface area contributed by atoms with Crippen molar-refractivity contribution in [1.29, 1.82) is 0 Å². The van der Waals surface area contributed by atoms with E-state index in [9.17, 15) is 24.0 Å². The van der Waals surface area contributed by atoms with Crippen LogP contribution in [0.15, 0.2) is 103 Å². The van der Waals surface area contributed by atoms with Crippen LogP contribution in [0.2, 0.25) is 0 Å². The quantitative estimate of drug-likeness (QED) is 0.0825. The SMILES string of the molecule is Cn1c(-c2nc(N)ncc2C#Cc2cccc(N)c2)cc2c1CCN(C(=O)OC(C)(C)C)C2=O.Cn1c(-c2nc(N)ncc2C#Cc2cccc(NC(=O)Nc3ccccc3)c2)cc2c1CCN(C(=O)OC(C)(C)C)C2=O. The second-order valence-electron chi connectivity index (χ2n) is 19.9. The lowest BCUT2D eigenvalue weighted by molar-refractivity contribution is 0.0215. The number of nitrogen functional groups attached to an aromatic ring is 3. The first-order valence-electron chi connectivity index (χ1n) is 24.4. The van der Waals surface area contributed by atoms with Crippen LogP contribution in [0, 0.1) is 23.7 Å². The predicted molar refractivity (Wildman–Crippen MR) is 292 cm³/mol. The van der Waals surface area contributed by atoms with Crippen molar-refractivity contribution < 1.29 is 33.4 Å². The number of nitrogens with two attached hydrogens (primary N) is 3. The molecule has 77 heavy (non-hydrogen) atoms. The van der Waals surface area contributed by atoms with Crippen LogP contribution < -0.4 is 27.8 Å². The highest BCUT2D eigenvalue weighted by Crippen LogP contribution is 2.33. The normalized spacial score (nSPS) is 12.8. The summed E-state index contributed by atoms with van der Waals surface area (Å²) in [6.07, 6.45) is 2.69. The number of nitrogens with one attached hydrogen (secondary N) is 2. The molecule has 6 amide bonds. The van der Waals surface area contributed by atoms with Crippen LogP contribution in [-0.2, 0) is 36.4 Å². The Labute approximate surface area is 445 Å². The fraction of sp³-hybridized carbons (Fsp3) is 0.246. The van der Waals surface area contributed by atoms with Crippen LogP contribution >= 0.6 is 0 Å². The summed E-state index contributed by atoms with van der Waals surface area (Å²) in [6, 6.07) is 26.5. The van der Waals surface area contributed by atoms with Gasteiger partial charge in [0.15, 0.2) is 0 Å². The standard InChI is InChI=1S/C32H31N7O4.C25H26N6O3/c1-32(2,3)43-31(42)39-16-15-25-24(28(39)40)18-26(38(25)4)27-21(19-34-29(33)37-27)14-13-20-9-8-12-23(17-20)36-30(41)35-22-10-6-5-7-11-22;1-25(2,3)34-24(33)31-11-10-19-18(22(31)32)13-20(30(19)4)21-16(14-28-23(27)29-21)9-8-15-6-5-7-17(26)12-15/h5-12,17-19H,15-16H2,1-4H3,(H2,33,34,37)(H2,35,36,41);5-7,12-14H,10-11,26H2,1-4H3,(H2,27,28,29). The van der Waals surface area contributed by atoms with Crippen LogP contribution in [0.3, 0.4) is 0 Å². The van der Waals surface area contributed by atoms with Gasteiger partial charge < -0.3 is 46.4 Å². The molecule has 0 saturated heterocycles. The number of hydrogen-bond donors (Lipinski definition) is 5. The van der Waals surface area contributed by atoms with E-state index < -0.39 is 35.2 Å². The number of carbonyl (C=O) groups excluding carboxylic acids is 5. The van der Waals surface area contributed by atoms with Crippen molar-refractivity contribution in [3.8, 4) is 46.5 Å². The summed E-state index contributed by atoms with van der Waals surface area (Å²) in [5, 5.41) is 5.58. The van der Waals surface area contributed by atoms with Gasteiger partial charge in [0.25, 0.3) is 11.8 Å². The van der Waals surface area contributed by atoms with Crippen LogP contribution in [0.1, 0.15) is 95.9 Å². The number of urea groups is 1. The molecule has 4 aromatic heterocycles. The molecule has 0 fully saturated rings. The Hall–Kier alpha value is -9.95. The molecule has 0 bridgehead atoms. The highest BCUT2D eigenvalue weighted by atomic mass is 16.6. The van der Waals surface area contributed by atoms with E-state index in [1.807, 2.05) is 59.6 Å². The summed E-state index contributed by atoms with van der Waals surface area (Å²) in [5.74, 6) is 11.7. The zero-order valence-corrected chi connectivity index (χ0v) is 43.8. The maximum absolute atomic E-state index is 13.3. The monoisotopic (exact) mass is 1040 g/mol. The van der Waals surface area contributed by atoms with Crippen LogP contribution in [0.25, 0.3) is 22.8 Å². The fourth-order valence-corrected chi connectivity index (χ4v) is 8.38. The third kappa shape index (κ3) is 12.7. The average Bonchev–Trinajstić information content (AvgIpc) is 4.03. The van der Waals surface area contributed by atoms with Crippen molar-refractivity contribution in [2.45, 2.75) is 65.6 Å². The number of carbonyl (C=O) groups is 5. The lowest BCUT2D eigenvalue weighted by atomic mass is 10.1. The molecule has 0 unspecified atom stereocenters. The molecular weight excluding hydrogens is 979 g/mol. The Kier molecular flexibility index (Phi) is 15.2. The third-order valence-electron chi connectivity index (χ3n) is 11.9. The molecule has 0 aliphatic carbocycles. The van der Waals surface area contributed by atoms with Gasteiger partial charge in [0.05, 0.1) is 33.6 Å². The van der Waals surface area contributed by atoms with Crippen molar-refractivity contribution in [3.05, 3.63) is 148 Å². The molecular formula is C57H57N13O7. The van der Waals surface area contributed by atoms with Gasteiger partial charge in [0, 0.05) is 92.0 Å². The lowest BCUT2D eigenvalue weighted by Gasteiger charge is -2.28. The lowest BCUT2D eigenvalue weighted by Crippen LogP contribution is -2.44. The first-order chi connectivity index (χ1) is 36.5. The number of benzene rings is 3. The van der Waals surface area contributed by atoms with Crippen LogP contribution in [0.4, 0.5) is 43.3 Å². The molecule has 0 radical (unpaired) electrons. The van der Waals surface area contributed by atoms with Gasteiger partial charge >= 0.3 is 18.2 Å². The van der Waals surface area contributed by atoms with E-state index in [4.69, 9.17) is 26.7 Å². The minimum Gasteiger partial charge on any atom is -0.443 e. The Morgan fingerprint density at radius 2 is 1.01 bits per heavy atom. The summed E-state index contributed by atoms with van der Waals surface area (Å²) < 4.78 is 14.6. The van der Waals surface area contributed by atoms with Crippen molar-refractivity contribution in [3.63, 3.8) is 0 Å². The first kappa shape index (κ1) is 53.3. The number of anilines is 5. The zero-order valence-electron chi connectivity index (χ0n) is 43.8. The van der Waals surface area contributed by atoms with Crippen LogP contribution in [0.5, 0.6) is 0 Å². The molecule has 0 spiro atoms. The number of ether oxygens (including phenoxy) is 2. The molecule has 2 aliphatic heterocycles. The van der Waals surface area contributed by atoms with E-state index in [-0.39, 0.29) is 31.0 Å². The topological polar surface area (TPSA) is 274 Å². The van der Waals surface area contributed by atoms with Gasteiger partial charge in [-0.25, -0.2) is 44.1 Å². The molecule has 0 atom stereocenters. The van der Waals surface area contributed by atoms with Gasteiger partial charge in [-0.05, 0) is 102 Å². The molecule has 20 heteroatoms. The summed E-state index contributed by atoms with van der Waals surface area (Å²) in [5.41, 5.74) is 25.1. The average molecular weight is 1040 g/mol. The maximum Gasteiger partial charge on any atom is 0.417 e. The number of rotatable bonds is 4. The number of imide groups is 2. The van der Waals surface area contributed by atoms with Gasteiger partial charge in [-0.15, -0.1) is 0 Å². The molecule has 20 nitrogen and oxygen atoms in total. The largest absolute Gasteiger partial charge is 0.443 e. The van der Waals surface area contributed by atoms with Crippen molar-refractivity contribution >= 4 is 59.0 Å². The number of fused-ring (bicyclic) bond motifs is 2. The number of nitrogens with zero attached hydrogens (tertiary/aromatic N) is 8. The number of hydrogen-bond acceptors (Lipinski definition) is 14. The molecule has 6 heterocycles. The third-order valence-corrected chi connectivity index (χ3v) is 11.9. The molecule has 2 aliphatic rings. The Morgan fingerprint density at radius 1 is 0.571 bits per heavy atom. The van der Waals surface area contributed by atoms with E-state index >= 15 is 0 Å². The van der Waals surface area contributed by atoms with E-state index in [0.717, 1.165) is 26.8 Å². The van der Waals surface area contributed by atoms with Gasteiger partial charge in [0.1, 0.15) is 22.6 Å². The summed E-state index contributed by atoms with van der Waals surface area (Å²) in [7, 11) is 3.67. The second kappa shape index (κ2) is 21.9. The van der Waals surface area contributed by atoms with Crippen LogP contribution in [-0.4, -0.2) is 93.2 Å². The molecule has 3 aromatic carbocycles. The second-order valence-corrected chi connectivity index (χ2v) is 19.9. The zero-order chi connectivity index (χ0) is 55.3. The Bertz CT molecular complexity index is 3600. The van der Waals surface area contributed by atoms with E-state index in [2.05, 4.69) is 54.3 Å². The molecule has 0 saturated carbocycles. The molecule has 7 aromatic rings. The maximum atomic E-state index is 13.3. The number of aromatic nitrogens is 6. The van der Waals surface area contributed by atoms with Gasteiger partial charge in [-0.2, -0.15) is 0 Å². The number of para-hydroxylation sites is 1. The Balaban J connectivity index is 0.000000209. The summed E-state index contributed by atoms with van der Waals surface area (Å²) in [6.45, 7) is 11.0. The van der Waals surface area contributed by atoms with E-state index in [0.29, 0.717) is 80.5 Å². The molecule has 392 valence electrons. The molecule has 9 rings (SSSR count). The summed E-state index contributed by atoms with van der Waals surface area (Å²) in [4.78, 5) is 83.4. The van der Waals surface area contributed by atoms with Gasteiger partial charge in [-0.3, -0.25) is 9.59 Å². The van der Waals surface area contributed by atoms with Crippen molar-refractivity contribution in [2.75, 3.05) is 40.9 Å². The van der Waals surface area contributed by atoms with Gasteiger partial charge in [0.2, 0.25) is 11.9 Å². The highest BCUT2D eigenvalue weighted by molar-refractivity contribution is 6.06. The summed E-state index contributed by atoms with van der Waals surface area (Å²) >= 11 is 0. The van der Waals surface area contributed by atoms with Crippen molar-refractivity contribution in [2.24, 2.45) is 14.1 Å². The predicted octanol–water partition coefficient (Wildman–Crippen LogP) is 8.02. The minimum absolute atomic E-state index is 0.0528. The fourth-order valence-electron chi connectivity index (χ4n) is 8.38. The molecule has 8 N–H and O–H groups in total. The number of amides is 6. The Morgan fingerprint density at radius 3 is 1.48 bits per heavy atom. The van der Waals surface area contributed by atoms with E-state index in [1.165, 1.54) is 6.20 Å². The first-order valence-corrected chi connectivity index (χ1v) is 24.4.